The lowest BCUT2D eigenvalue weighted by Gasteiger charge is -2.21. The van der Waals surface area contributed by atoms with Crippen molar-refractivity contribution in [2.45, 2.75) is 45.6 Å². The van der Waals surface area contributed by atoms with Crippen LogP contribution in [0.2, 0.25) is 0 Å². The van der Waals surface area contributed by atoms with E-state index in [0.29, 0.717) is 16.9 Å². The quantitative estimate of drug-likeness (QED) is 0.569. The fraction of sp³-hybridized carbons (Fsp3) is 0.364. The molecular weight excluding hydrogens is 418 g/mol. The second kappa shape index (κ2) is 10.3. The topological polar surface area (TPSA) is 114 Å². The van der Waals surface area contributed by atoms with Crippen molar-refractivity contribution in [1.29, 1.82) is 0 Å². The molecule has 0 aliphatic heterocycles. The van der Waals surface area contributed by atoms with Crippen molar-refractivity contribution in [2.75, 3.05) is 16.6 Å². The third kappa shape index (κ3) is 6.71. The summed E-state index contributed by atoms with van der Waals surface area (Å²) in [6, 6.07) is 10.8. The number of alkyl carbamates (subject to hydrolysis) is 1. The van der Waals surface area contributed by atoms with E-state index in [1.807, 2.05) is 13.0 Å². The Morgan fingerprint density at radius 2 is 1.74 bits per heavy atom. The molecule has 2 aromatic carbocycles. The van der Waals surface area contributed by atoms with Crippen LogP contribution in [0.5, 0.6) is 0 Å². The molecule has 0 aromatic heterocycles. The van der Waals surface area contributed by atoms with Crippen molar-refractivity contribution in [3.05, 3.63) is 53.6 Å². The summed E-state index contributed by atoms with van der Waals surface area (Å²) in [5.74, 6) is -0.678. The predicted molar refractivity (Wildman–Crippen MR) is 121 cm³/mol. The molecular formula is C22H29N3O5S. The number of nitrogens with one attached hydrogen (secondary N) is 3. The first-order chi connectivity index (χ1) is 14.5. The van der Waals surface area contributed by atoms with Crippen molar-refractivity contribution in [3.63, 3.8) is 0 Å². The number of amides is 2. The summed E-state index contributed by atoms with van der Waals surface area (Å²) in [6.07, 6.45) is -0.689. The smallest absolute Gasteiger partial charge is 0.407 e. The maximum absolute atomic E-state index is 12.9. The normalized spacial score (nSPS) is 12.2. The van der Waals surface area contributed by atoms with Gasteiger partial charge in [0.15, 0.2) is 0 Å². The van der Waals surface area contributed by atoms with Crippen LogP contribution in [0.15, 0.2) is 47.4 Å². The fourth-order valence-electron chi connectivity index (χ4n) is 2.94. The van der Waals surface area contributed by atoms with Gasteiger partial charge in [0.2, 0.25) is 5.91 Å². The molecule has 0 aliphatic carbocycles. The van der Waals surface area contributed by atoms with E-state index in [1.54, 1.807) is 58.0 Å². The molecule has 0 saturated carbocycles. The molecule has 0 spiro atoms. The van der Waals surface area contributed by atoms with Crippen LogP contribution in [0.4, 0.5) is 16.2 Å². The highest BCUT2D eigenvalue weighted by Gasteiger charge is 2.25. The third-order valence-electron chi connectivity index (χ3n) is 4.51. The van der Waals surface area contributed by atoms with Gasteiger partial charge in [0.05, 0.1) is 11.5 Å². The molecule has 1 atom stereocenters. The van der Waals surface area contributed by atoms with Gasteiger partial charge in [-0.2, -0.15) is 0 Å². The highest BCUT2D eigenvalue weighted by molar-refractivity contribution is 7.92. The minimum absolute atomic E-state index is 0.0475. The van der Waals surface area contributed by atoms with Crippen LogP contribution in [-0.2, 0) is 19.6 Å². The monoisotopic (exact) mass is 447 g/mol. The Morgan fingerprint density at radius 3 is 2.35 bits per heavy atom. The Kier molecular flexibility index (Phi) is 8.04. The predicted octanol–water partition coefficient (Wildman–Crippen LogP) is 3.81. The highest BCUT2D eigenvalue weighted by atomic mass is 32.2. The second-order valence-electron chi connectivity index (χ2n) is 7.53. The van der Waals surface area contributed by atoms with Crippen LogP contribution in [0.1, 0.15) is 31.9 Å². The first kappa shape index (κ1) is 24.2. The third-order valence-corrected chi connectivity index (χ3v) is 6.04. The maximum Gasteiger partial charge on any atom is 0.407 e. The SMILES string of the molecule is CCOC(=O)NC(C(=O)Nc1ccc(C)c(S(=O)(=O)Nc2cccc(C)c2)c1)C(C)C. The molecule has 9 heteroatoms. The van der Waals surface area contributed by atoms with E-state index in [1.165, 1.54) is 6.07 Å². The standard InChI is InChI=1S/C22H29N3O5S/c1-6-30-22(27)24-20(14(2)3)21(26)23-17-11-10-16(5)19(13-17)31(28,29)25-18-9-7-8-15(4)12-18/h7-14,20,25H,6H2,1-5H3,(H,23,26)(H,24,27). The molecule has 0 fully saturated rings. The first-order valence-electron chi connectivity index (χ1n) is 9.97. The molecule has 168 valence electrons. The van der Waals surface area contributed by atoms with Gasteiger partial charge in [-0.05, 0) is 62.1 Å². The van der Waals surface area contributed by atoms with Crippen LogP contribution >= 0.6 is 0 Å². The van der Waals surface area contributed by atoms with E-state index in [2.05, 4.69) is 15.4 Å². The van der Waals surface area contributed by atoms with Crippen LogP contribution in [-0.4, -0.2) is 33.1 Å². The largest absolute Gasteiger partial charge is 0.450 e. The van der Waals surface area contributed by atoms with E-state index >= 15 is 0 Å². The summed E-state index contributed by atoms with van der Waals surface area (Å²) in [7, 11) is -3.87. The van der Waals surface area contributed by atoms with Gasteiger partial charge in [0, 0.05) is 11.4 Å². The number of benzene rings is 2. The summed E-state index contributed by atoms with van der Waals surface area (Å²) < 4.78 is 33.3. The lowest BCUT2D eigenvalue weighted by molar-refractivity contribution is -0.119. The first-order valence-corrected chi connectivity index (χ1v) is 11.5. The van der Waals surface area contributed by atoms with E-state index in [4.69, 9.17) is 4.74 Å². The minimum atomic E-state index is -3.87. The maximum atomic E-state index is 12.9. The number of rotatable bonds is 8. The van der Waals surface area contributed by atoms with Gasteiger partial charge >= 0.3 is 6.09 Å². The molecule has 0 bridgehead atoms. The van der Waals surface area contributed by atoms with Crippen molar-refractivity contribution in [3.8, 4) is 0 Å². The van der Waals surface area contributed by atoms with Gasteiger partial charge in [-0.15, -0.1) is 0 Å². The molecule has 0 saturated heterocycles. The van der Waals surface area contributed by atoms with Crippen LogP contribution in [0.3, 0.4) is 0 Å². The number of hydrogen-bond acceptors (Lipinski definition) is 5. The average molecular weight is 448 g/mol. The molecule has 2 aromatic rings. The van der Waals surface area contributed by atoms with Crippen molar-refractivity contribution >= 4 is 33.4 Å². The van der Waals surface area contributed by atoms with Gasteiger partial charge in [0.1, 0.15) is 6.04 Å². The van der Waals surface area contributed by atoms with Crippen molar-refractivity contribution in [1.82, 2.24) is 5.32 Å². The zero-order valence-corrected chi connectivity index (χ0v) is 19.2. The highest BCUT2D eigenvalue weighted by Crippen LogP contribution is 2.24. The molecule has 0 aliphatic rings. The Balaban J connectivity index is 2.25. The molecule has 31 heavy (non-hydrogen) atoms. The van der Waals surface area contributed by atoms with Gasteiger partial charge < -0.3 is 15.4 Å². The van der Waals surface area contributed by atoms with E-state index in [9.17, 15) is 18.0 Å². The fourth-order valence-corrected chi connectivity index (χ4v) is 4.26. The summed E-state index contributed by atoms with van der Waals surface area (Å²) in [4.78, 5) is 24.5. The average Bonchev–Trinajstić information content (AvgIpc) is 2.67. The zero-order valence-electron chi connectivity index (χ0n) is 18.4. The van der Waals surface area contributed by atoms with Gasteiger partial charge in [0.25, 0.3) is 10.0 Å². The lowest BCUT2D eigenvalue weighted by atomic mass is 10.0. The Morgan fingerprint density at radius 1 is 1.03 bits per heavy atom. The van der Waals surface area contributed by atoms with Crippen LogP contribution < -0.4 is 15.4 Å². The summed E-state index contributed by atoms with van der Waals surface area (Å²) >= 11 is 0. The molecule has 0 heterocycles. The molecule has 0 radical (unpaired) electrons. The number of aryl methyl sites for hydroxylation is 2. The number of ether oxygens (including phenoxy) is 1. The van der Waals surface area contributed by atoms with E-state index in [-0.39, 0.29) is 17.4 Å². The second-order valence-corrected chi connectivity index (χ2v) is 9.18. The molecule has 2 amide bonds. The Bertz CT molecular complexity index is 1050. The number of sulfonamides is 1. The molecule has 2 rings (SSSR count). The molecule has 1 unspecified atom stereocenters. The zero-order chi connectivity index (χ0) is 23.2. The van der Waals surface area contributed by atoms with Gasteiger partial charge in [-0.1, -0.05) is 32.0 Å². The molecule has 8 nitrogen and oxygen atoms in total. The Hall–Kier alpha value is -3.07. The van der Waals surface area contributed by atoms with E-state index < -0.39 is 28.1 Å². The summed E-state index contributed by atoms with van der Waals surface area (Å²) in [5, 5.41) is 5.21. The summed E-state index contributed by atoms with van der Waals surface area (Å²) in [6.45, 7) is 8.97. The minimum Gasteiger partial charge on any atom is -0.450 e. The lowest BCUT2D eigenvalue weighted by Crippen LogP contribution is -2.47. The number of anilines is 2. The van der Waals surface area contributed by atoms with Crippen LogP contribution in [0.25, 0.3) is 0 Å². The Labute approximate surface area is 183 Å². The van der Waals surface area contributed by atoms with Crippen molar-refractivity contribution < 1.29 is 22.7 Å². The number of carbonyl (C=O) groups is 2. The van der Waals surface area contributed by atoms with Gasteiger partial charge in [-0.3, -0.25) is 9.52 Å². The van der Waals surface area contributed by atoms with Gasteiger partial charge in [-0.25, -0.2) is 13.2 Å². The van der Waals surface area contributed by atoms with Crippen molar-refractivity contribution in [2.24, 2.45) is 5.92 Å². The number of carbonyl (C=O) groups excluding carboxylic acids is 2. The van der Waals surface area contributed by atoms with E-state index in [0.717, 1.165) is 5.56 Å². The summed E-state index contributed by atoms with van der Waals surface area (Å²) in [5.41, 5.74) is 2.21. The number of hydrogen-bond donors (Lipinski definition) is 3. The van der Waals surface area contributed by atoms with Crippen LogP contribution in [0, 0.1) is 19.8 Å². The molecule has 3 N–H and O–H groups in total.